The molecular formula is C28H26ClF2N3O8S. The zero-order valence-electron chi connectivity index (χ0n) is 23.1. The summed E-state index contributed by atoms with van der Waals surface area (Å²) in [5.74, 6) is -6.16. The number of sulfonamides is 1. The van der Waals surface area contributed by atoms with Gasteiger partial charge in [0.05, 0.1) is 27.0 Å². The number of carbonyl (C=O) groups is 2. The molecule has 5 rings (SSSR count). The van der Waals surface area contributed by atoms with Crippen molar-refractivity contribution in [1.29, 1.82) is 0 Å². The molecule has 1 unspecified atom stereocenters. The summed E-state index contributed by atoms with van der Waals surface area (Å²) in [6.07, 6.45) is -0.581. The van der Waals surface area contributed by atoms with Gasteiger partial charge in [0.25, 0.3) is 21.9 Å². The van der Waals surface area contributed by atoms with E-state index in [0.717, 1.165) is 4.90 Å². The van der Waals surface area contributed by atoms with Gasteiger partial charge in [0.15, 0.2) is 5.54 Å². The summed E-state index contributed by atoms with van der Waals surface area (Å²) in [4.78, 5) is 32.4. The van der Waals surface area contributed by atoms with Crippen molar-refractivity contribution in [3.8, 4) is 17.4 Å². The minimum absolute atomic E-state index is 0.0520. The molecule has 1 fully saturated rings. The lowest BCUT2D eigenvalue weighted by Gasteiger charge is -2.47. The Morgan fingerprint density at radius 1 is 1.07 bits per heavy atom. The molecule has 2 aromatic carbocycles. The highest BCUT2D eigenvalue weighted by Crippen LogP contribution is 2.55. The fraction of sp³-hybridized carbons (Fsp3) is 0.321. The molecule has 11 nitrogen and oxygen atoms in total. The van der Waals surface area contributed by atoms with Crippen LogP contribution in [0.4, 0.5) is 14.5 Å². The quantitative estimate of drug-likeness (QED) is 0.387. The number of aromatic nitrogens is 1. The number of methoxy groups -OCH3 is 3. The molecule has 3 heterocycles. The summed E-state index contributed by atoms with van der Waals surface area (Å²) >= 11 is 6.39. The van der Waals surface area contributed by atoms with Gasteiger partial charge in [-0.2, -0.15) is 0 Å². The number of pyridine rings is 1. The Morgan fingerprint density at radius 3 is 2.47 bits per heavy atom. The number of amides is 1. The van der Waals surface area contributed by atoms with Crippen LogP contribution in [0.5, 0.6) is 17.4 Å². The topological polar surface area (TPSA) is 136 Å². The van der Waals surface area contributed by atoms with Crippen molar-refractivity contribution in [3.05, 3.63) is 70.9 Å². The monoisotopic (exact) mass is 637 g/mol. The van der Waals surface area contributed by atoms with Crippen LogP contribution < -0.4 is 18.5 Å². The van der Waals surface area contributed by atoms with Crippen LogP contribution in [0.25, 0.3) is 0 Å². The minimum Gasteiger partial charge on any atom is -0.497 e. The first-order valence-corrected chi connectivity index (χ1v) is 14.6. The van der Waals surface area contributed by atoms with E-state index in [4.69, 9.17) is 25.8 Å². The van der Waals surface area contributed by atoms with Crippen molar-refractivity contribution in [2.24, 2.45) is 0 Å². The van der Waals surface area contributed by atoms with Gasteiger partial charge in [-0.05, 0) is 42.5 Å². The molecule has 1 saturated heterocycles. The van der Waals surface area contributed by atoms with Crippen molar-refractivity contribution in [3.63, 3.8) is 0 Å². The Morgan fingerprint density at radius 2 is 1.81 bits per heavy atom. The van der Waals surface area contributed by atoms with Crippen molar-refractivity contribution in [2.45, 2.75) is 35.2 Å². The zero-order valence-corrected chi connectivity index (χ0v) is 24.7. The maximum absolute atomic E-state index is 15.0. The summed E-state index contributed by atoms with van der Waals surface area (Å²) < 4.78 is 74.6. The Kier molecular flexibility index (Phi) is 7.73. The molecular weight excluding hydrogens is 612 g/mol. The van der Waals surface area contributed by atoms with Crippen molar-refractivity contribution in [2.75, 3.05) is 32.2 Å². The van der Waals surface area contributed by atoms with Crippen molar-refractivity contribution >= 4 is 39.2 Å². The van der Waals surface area contributed by atoms with E-state index in [0.29, 0.717) is 4.31 Å². The number of carboxylic acid groups (broad SMARTS) is 1. The lowest BCUT2D eigenvalue weighted by Crippen LogP contribution is -2.63. The zero-order chi connectivity index (χ0) is 31.3. The number of hydrogen-bond acceptors (Lipinski definition) is 9. The second kappa shape index (κ2) is 10.9. The third-order valence-corrected chi connectivity index (χ3v) is 9.58. The average Bonchev–Trinajstić information content (AvgIpc) is 3.24. The molecule has 1 amide bonds. The van der Waals surface area contributed by atoms with Gasteiger partial charge in [0.1, 0.15) is 22.4 Å². The van der Waals surface area contributed by atoms with Crippen LogP contribution in [0.2, 0.25) is 5.02 Å². The maximum Gasteiger partial charge on any atom is 0.321 e. The molecule has 0 radical (unpaired) electrons. The maximum atomic E-state index is 15.0. The van der Waals surface area contributed by atoms with E-state index < -0.39 is 63.7 Å². The van der Waals surface area contributed by atoms with Crippen LogP contribution in [0, 0.1) is 0 Å². The number of fused-ring (bicyclic) bond motifs is 1. The van der Waals surface area contributed by atoms with E-state index in [1.807, 2.05) is 0 Å². The molecule has 3 aromatic rings. The van der Waals surface area contributed by atoms with Crippen LogP contribution in [0.3, 0.4) is 0 Å². The normalized spacial score (nSPS) is 21.8. The number of rotatable bonds is 8. The lowest BCUT2D eigenvalue weighted by atomic mass is 9.79. The fourth-order valence-electron chi connectivity index (χ4n) is 5.75. The predicted molar refractivity (Wildman–Crippen MR) is 150 cm³/mol. The molecule has 43 heavy (non-hydrogen) atoms. The standard InChI is InChI=1S/C28H26ClF2N3O8S/c1-40-17-7-9-23(22(14-17)41-2)43(38,39)34-20-8-6-16(29)13-19(20)28(26(34)37,18-5-4-11-32-24(18)42-3)33-12-10-27(30,31)15-21(33)25(35)36/h4-9,11,13-14,21H,10,12,15H2,1-3H3,(H,35,36)/t21-,28?/m0/s1. The van der Waals surface area contributed by atoms with E-state index in [1.54, 1.807) is 0 Å². The molecule has 0 bridgehead atoms. The van der Waals surface area contributed by atoms with E-state index in [9.17, 15) is 31.9 Å². The highest BCUT2D eigenvalue weighted by molar-refractivity contribution is 7.93. The summed E-state index contributed by atoms with van der Waals surface area (Å²) in [5.41, 5.74) is -2.59. The molecule has 228 valence electrons. The van der Waals surface area contributed by atoms with E-state index >= 15 is 0 Å². The number of piperidine rings is 1. The number of carbonyl (C=O) groups excluding carboxylic acids is 1. The SMILES string of the molecule is COc1ccc(S(=O)(=O)N2C(=O)C(c3cccnc3OC)(N3CCC(F)(F)C[C@H]3C(=O)O)c3cc(Cl)ccc32)c(OC)c1. The first kappa shape index (κ1) is 30.4. The Labute approximate surface area is 250 Å². The molecule has 15 heteroatoms. The molecule has 2 aliphatic rings. The summed E-state index contributed by atoms with van der Waals surface area (Å²) in [7, 11) is -0.927. The summed E-state index contributed by atoms with van der Waals surface area (Å²) in [6.45, 7) is -0.598. The molecule has 2 aliphatic heterocycles. The summed E-state index contributed by atoms with van der Waals surface area (Å²) in [6, 6.07) is 8.78. The number of ether oxygens (including phenoxy) is 3. The van der Waals surface area contributed by atoms with E-state index in [-0.39, 0.29) is 39.2 Å². The van der Waals surface area contributed by atoms with Crippen LogP contribution in [0.15, 0.2) is 59.6 Å². The molecule has 0 aliphatic carbocycles. The molecule has 1 aromatic heterocycles. The molecule has 0 spiro atoms. The number of aliphatic carboxylic acids is 1. The molecule has 1 N–H and O–H groups in total. The number of likely N-dealkylation sites (tertiary alicyclic amines) is 1. The smallest absolute Gasteiger partial charge is 0.321 e. The lowest BCUT2D eigenvalue weighted by molar-refractivity contribution is -0.162. The van der Waals surface area contributed by atoms with Crippen molar-refractivity contribution in [1.82, 2.24) is 9.88 Å². The predicted octanol–water partition coefficient (Wildman–Crippen LogP) is 3.92. The number of benzene rings is 2. The minimum atomic E-state index is -4.80. The van der Waals surface area contributed by atoms with Crippen LogP contribution in [-0.2, 0) is 25.2 Å². The van der Waals surface area contributed by atoms with Gasteiger partial charge in [-0.25, -0.2) is 26.5 Å². The number of carboxylic acids is 1. The highest BCUT2D eigenvalue weighted by Gasteiger charge is 2.64. The van der Waals surface area contributed by atoms with Crippen LogP contribution in [-0.4, -0.2) is 75.1 Å². The average molecular weight is 638 g/mol. The van der Waals surface area contributed by atoms with Gasteiger partial charge in [-0.1, -0.05) is 11.6 Å². The van der Waals surface area contributed by atoms with E-state index in [1.165, 1.54) is 76.1 Å². The first-order chi connectivity index (χ1) is 20.3. The molecule has 0 saturated carbocycles. The van der Waals surface area contributed by atoms with Gasteiger partial charge in [-0.3, -0.25) is 14.5 Å². The fourth-order valence-corrected chi connectivity index (χ4v) is 7.52. The summed E-state index contributed by atoms with van der Waals surface area (Å²) in [5, 5.41) is 10.3. The number of hydrogen-bond donors (Lipinski definition) is 1. The van der Waals surface area contributed by atoms with Crippen molar-refractivity contribution < 1.29 is 46.1 Å². The number of alkyl halides is 2. The van der Waals surface area contributed by atoms with Gasteiger partial charge < -0.3 is 19.3 Å². The first-order valence-electron chi connectivity index (χ1n) is 12.8. The largest absolute Gasteiger partial charge is 0.497 e. The Bertz CT molecular complexity index is 1720. The third-order valence-electron chi connectivity index (χ3n) is 7.61. The molecule has 2 atom stereocenters. The van der Waals surface area contributed by atoms with Crippen LogP contribution in [0.1, 0.15) is 24.0 Å². The van der Waals surface area contributed by atoms with Crippen LogP contribution >= 0.6 is 11.6 Å². The third kappa shape index (κ3) is 4.73. The van der Waals surface area contributed by atoms with E-state index in [2.05, 4.69) is 4.98 Å². The number of halogens is 3. The number of anilines is 1. The second-order valence-corrected chi connectivity index (χ2v) is 12.1. The number of nitrogens with zero attached hydrogens (tertiary/aromatic N) is 3. The highest BCUT2D eigenvalue weighted by atomic mass is 35.5. The Hall–Kier alpha value is -4.01. The van der Waals surface area contributed by atoms with Gasteiger partial charge >= 0.3 is 5.97 Å². The Balaban J connectivity index is 1.86. The van der Waals surface area contributed by atoms with Gasteiger partial charge in [-0.15, -0.1) is 0 Å². The van der Waals surface area contributed by atoms with Gasteiger partial charge in [0.2, 0.25) is 5.88 Å². The second-order valence-electron chi connectivity index (χ2n) is 9.88. The van der Waals surface area contributed by atoms with Gasteiger partial charge in [0, 0.05) is 47.8 Å².